The van der Waals surface area contributed by atoms with Crippen LogP contribution in [0.2, 0.25) is 0 Å². The van der Waals surface area contributed by atoms with E-state index >= 15 is 0 Å². The molecule has 1 aromatic heterocycles. The molecule has 1 amide bonds. The predicted octanol–water partition coefficient (Wildman–Crippen LogP) is 3.36. The Morgan fingerprint density at radius 3 is 2.21 bits per heavy atom. The number of carbonyl (C=O) groups excluding carboxylic acids is 2. The first kappa shape index (κ1) is 60.8. The highest BCUT2D eigenvalue weighted by atomic mass is 16.7. The van der Waals surface area contributed by atoms with Gasteiger partial charge in [0.25, 0.3) is 0 Å². The molecule has 6 N–H and O–H groups in total. The molecule has 0 saturated carbocycles. The lowest BCUT2D eigenvalue weighted by Gasteiger charge is -2.49. The number of amides is 1. The average Bonchev–Trinajstić information content (AvgIpc) is 3.96. The number of rotatable bonds is 14. The lowest BCUT2D eigenvalue weighted by atomic mass is 9.77. The van der Waals surface area contributed by atoms with Gasteiger partial charge in [-0.2, -0.15) is 0 Å². The van der Waals surface area contributed by atoms with Crippen molar-refractivity contribution in [1.29, 1.82) is 0 Å². The molecule has 4 saturated heterocycles. The maximum absolute atomic E-state index is 14.5. The monoisotopic (exact) mass is 1060 g/mol. The molecule has 75 heavy (non-hydrogen) atoms. The SMILES string of the molecule is CC[C@H]1OC(=O)[C@H](C)[C@@H](O[C@@H]2C[C@@](C)(OC)[C@@H](O)[C@H](C)O2)[C@H](C)[C@@H](O[C@@H]2O[C@H](C)C[C@H](N(C)CCc3cn(CC4CN(c5ccc(C(C)(C)O)cc5)C(=O)O4)nn3)[C@H]2O)[C@](C)(O)C[C@@H](C)CN(C)[C@H](C)[C@@H](O)[C@]1(C)O. The summed E-state index contributed by atoms with van der Waals surface area (Å²) in [5, 5.41) is 78.9. The number of aromatic nitrogens is 3. The summed E-state index contributed by atoms with van der Waals surface area (Å²) in [5.74, 6) is -2.85. The number of benzene rings is 1. The molecule has 4 aliphatic rings. The van der Waals surface area contributed by atoms with Gasteiger partial charge in [-0.25, -0.2) is 9.48 Å². The summed E-state index contributed by atoms with van der Waals surface area (Å²) < 4.78 is 45.6. The van der Waals surface area contributed by atoms with Crippen molar-refractivity contribution in [1.82, 2.24) is 24.8 Å². The van der Waals surface area contributed by atoms with Crippen LogP contribution < -0.4 is 4.90 Å². The Morgan fingerprint density at radius 2 is 1.59 bits per heavy atom. The van der Waals surface area contributed by atoms with Crippen molar-refractivity contribution in [3.8, 4) is 0 Å². The number of hydrogen-bond acceptors (Lipinski definition) is 19. The second kappa shape index (κ2) is 24.3. The first-order valence-corrected chi connectivity index (χ1v) is 26.9. The number of carbonyl (C=O) groups is 2. The first-order chi connectivity index (χ1) is 34.9. The number of nitrogens with zero attached hydrogens (tertiary/aromatic N) is 6. The molecule has 4 aliphatic heterocycles. The number of esters is 1. The second-order valence-corrected chi connectivity index (χ2v) is 23.6. The van der Waals surface area contributed by atoms with E-state index in [4.69, 9.17) is 33.2 Å². The van der Waals surface area contributed by atoms with Crippen LogP contribution in [0.1, 0.15) is 120 Å². The van der Waals surface area contributed by atoms with Crippen molar-refractivity contribution in [3.63, 3.8) is 0 Å². The minimum absolute atomic E-state index is 0.0875. The summed E-state index contributed by atoms with van der Waals surface area (Å²) >= 11 is 0. The van der Waals surface area contributed by atoms with Gasteiger partial charge >= 0.3 is 12.1 Å². The lowest BCUT2D eigenvalue weighted by molar-refractivity contribution is -0.318. The maximum Gasteiger partial charge on any atom is 0.414 e. The van der Waals surface area contributed by atoms with Gasteiger partial charge in [0.1, 0.15) is 36.1 Å². The van der Waals surface area contributed by atoms with Crippen LogP contribution >= 0.6 is 0 Å². The summed E-state index contributed by atoms with van der Waals surface area (Å²) in [5.41, 5.74) is -3.50. The zero-order valence-corrected chi connectivity index (χ0v) is 47.0. The van der Waals surface area contributed by atoms with Crippen LogP contribution in [0.15, 0.2) is 30.5 Å². The van der Waals surface area contributed by atoms with Gasteiger partial charge in [-0.3, -0.25) is 9.69 Å². The number of anilines is 1. The molecule has 0 radical (unpaired) electrons. The zero-order valence-electron chi connectivity index (χ0n) is 47.0. The van der Waals surface area contributed by atoms with Gasteiger partial charge in [0, 0.05) is 62.9 Å². The number of cyclic esters (lactones) is 2. The van der Waals surface area contributed by atoms with Crippen molar-refractivity contribution in [3.05, 3.63) is 41.7 Å². The number of methoxy groups -OCH3 is 1. The minimum atomic E-state index is -1.85. The molecule has 1 aromatic carbocycles. The number of ether oxygens (including phenoxy) is 7. The third-order valence-electron chi connectivity index (χ3n) is 16.6. The molecule has 21 nitrogen and oxygen atoms in total. The summed E-state index contributed by atoms with van der Waals surface area (Å²) in [6.45, 7) is 22.3. The van der Waals surface area contributed by atoms with Crippen molar-refractivity contribution in [2.24, 2.45) is 17.8 Å². The fourth-order valence-electron chi connectivity index (χ4n) is 11.7. The summed E-state index contributed by atoms with van der Waals surface area (Å²) in [6.07, 6.45) is -8.00. The summed E-state index contributed by atoms with van der Waals surface area (Å²) in [4.78, 5) is 32.9. The predicted molar refractivity (Wildman–Crippen MR) is 276 cm³/mol. The maximum atomic E-state index is 14.5. The minimum Gasteiger partial charge on any atom is -0.459 e. The quantitative estimate of drug-likeness (QED) is 0.148. The van der Waals surface area contributed by atoms with Gasteiger partial charge < -0.3 is 73.6 Å². The number of aliphatic hydroxyl groups is 6. The molecule has 0 spiro atoms. The van der Waals surface area contributed by atoms with Crippen molar-refractivity contribution in [2.75, 3.05) is 45.7 Å². The molecule has 0 aliphatic carbocycles. The van der Waals surface area contributed by atoms with E-state index < -0.39 is 126 Å². The van der Waals surface area contributed by atoms with Gasteiger partial charge in [-0.1, -0.05) is 38.1 Å². The van der Waals surface area contributed by atoms with Crippen LogP contribution in [0.5, 0.6) is 0 Å². The first-order valence-electron chi connectivity index (χ1n) is 26.9. The molecule has 4 fully saturated rings. The van der Waals surface area contributed by atoms with E-state index in [0.29, 0.717) is 50.4 Å². The molecule has 6 rings (SSSR count). The molecule has 5 heterocycles. The van der Waals surface area contributed by atoms with Gasteiger partial charge in [-0.05, 0) is 119 Å². The molecular weight excluding hydrogens is 973 g/mol. The lowest BCUT2D eigenvalue weighted by Crippen LogP contribution is -2.61. The Labute approximate surface area is 443 Å². The van der Waals surface area contributed by atoms with Crippen LogP contribution in [-0.4, -0.2) is 205 Å². The van der Waals surface area contributed by atoms with Crippen LogP contribution in [0, 0.1) is 17.8 Å². The Hall–Kier alpha value is -3.42. The Bertz CT molecular complexity index is 2180. The molecule has 21 heteroatoms. The molecule has 0 bridgehead atoms. The van der Waals surface area contributed by atoms with Gasteiger partial charge in [-0.15, -0.1) is 5.10 Å². The fraction of sp³-hybridized carbons (Fsp3) is 0.815. The molecule has 2 aromatic rings. The van der Waals surface area contributed by atoms with E-state index in [1.807, 2.05) is 43.9 Å². The largest absolute Gasteiger partial charge is 0.459 e. The van der Waals surface area contributed by atoms with Crippen LogP contribution in [-0.2, 0) is 56.5 Å². The molecule has 1 unspecified atom stereocenters. The van der Waals surface area contributed by atoms with Gasteiger partial charge in [0.15, 0.2) is 12.6 Å². The number of hydrogen-bond donors (Lipinski definition) is 6. The highest BCUT2D eigenvalue weighted by Crippen LogP contribution is 2.40. The van der Waals surface area contributed by atoms with Gasteiger partial charge in [0.05, 0.1) is 65.9 Å². The normalized spacial score (nSPS) is 40.3. The highest BCUT2D eigenvalue weighted by molar-refractivity contribution is 5.89. The smallest absolute Gasteiger partial charge is 0.414 e. The topological polar surface area (TPSA) is 261 Å². The molecule has 19 atom stereocenters. The van der Waals surface area contributed by atoms with Crippen molar-refractivity contribution in [2.45, 2.75) is 224 Å². The van der Waals surface area contributed by atoms with E-state index in [1.54, 1.807) is 96.2 Å². The number of aliphatic hydroxyl groups excluding tert-OH is 3. The van der Waals surface area contributed by atoms with Crippen molar-refractivity contribution >= 4 is 17.7 Å². The van der Waals surface area contributed by atoms with Gasteiger partial charge in [0.2, 0.25) is 0 Å². The fourth-order valence-corrected chi connectivity index (χ4v) is 11.7. The summed E-state index contributed by atoms with van der Waals surface area (Å²) in [7, 11) is 5.23. The Kier molecular flexibility index (Phi) is 19.7. The standard InChI is InChI=1S/C54H90N6O15/c1-16-41-54(12,68)45(62)34(6)58(14)26-30(2)24-52(10,67)47(32(4)44(33(5)48(64)73-41)74-42-25-53(11,69-15)46(63)35(7)71-42)75-49-43(61)40(23-31(3)70-49)57(13)22-21-37-27-59(56-55-37)28-39-29-60(50(65)72-39)38-19-17-36(18-20-38)51(8,9)66/h17-20,27,30-35,39-47,49,61-63,66-68H,16,21-26,28-29H2,1-15H3/t30-,31-,32+,33-,34-,35+,39?,40+,41-,42-,43-,44+,45-,46+,47-,49+,52-,53-,54-/m1/s1. The van der Waals surface area contributed by atoms with E-state index in [0.717, 1.165) is 5.56 Å². The third-order valence-corrected chi connectivity index (χ3v) is 16.6. The third kappa shape index (κ3) is 14.1. The van der Waals surface area contributed by atoms with E-state index in [2.05, 4.69) is 10.3 Å². The Morgan fingerprint density at radius 1 is 0.920 bits per heavy atom. The van der Waals surface area contributed by atoms with E-state index in [1.165, 1.54) is 14.0 Å². The van der Waals surface area contributed by atoms with Crippen LogP contribution in [0.3, 0.4) is 0 Å². The Balaban J connectivity index is 1.22. The number of likely N-dealkylation sites (N-methyl/N-ethyl adjacent to an activating group) is 2. The van der Waals surface area contributed by atoms with Crippen molar-refractivity contribution < 1.29 is 73.4 Å². The molecule has 426 valence electrons. The van der Waals surface area contributed by atoms with E-state index in [-0.39, 0.29) is 25.2 Å². The average molecular weight is 1060 g/mol. The zero-order chi connectivity index (χ0) is 55.7. The van der Waals surface area contributed by atoms with Crippen LogP contribution in [0.4, 0.5) is 10.5 Å². The van der Waals surface area contributed by atoms with E-state index in [9.17, 15) is 40.2 Å². The molecular formula is C54H90N6O15. The van der Waals surface area contributed by atoms with Crippen LogP contribution in [0.25, 0.3) is 0 Å². The second-order valence-electron chi connectivity index (χ2n) is 23.6. The highest BCUT2D eigenvalue weighted by Gasteiger charge is 2.53. The summed E-state index contributed by atoms with van der Waals surface area (Å²) in [6, 6.07) is 6.10.